The summed E-state index contributed by atoms with van der Waals surface area (Å²) in [6.45, 7) is 4.78. The second kappa shape index (κ2) is 9.39. The lowest BCUT2D eigenvalue weighted by molar-refractivity contribution is -0.117. The Bertz CT molecular complexity index is 727. The first-order valence-corrected chi connectivity index (χ1v) is 9.01. The highest BCUT2D eigenvalue weighted by Crippen LogP contribution is 2.15. The Morgan fingerprint density at radius 3 is 2.30 bits per heavy atom. The van der Waals surface area contributed by atoms with Gasteiger partial charge in [0.25, 0.3) is 0 Å². The monoisotopic (exact) mass is 371 g/mol. The molecule has 2 rings (SSSR count). The van der Waals surface area contributed by atoms with Gasteiger partial charge in [-0.05, 0) is 55.7 Å². The van der Waals surface area contributed by atoms with Crippen LogP contribution < -0.4 is 21.5 Å². The molecule has 0 saturated carbocycles. The van der Waals surface area contributed by atoms with E-state index in [0.29, 0.717) is 12.3 Å². The van der Waals surface area contributed by atoms with Crippen LogP contribution in [0.3, 0.4) is 0 Å². The molecule has 1 unspecified atom stereocenters. The largest absolute Gasteiger partial charge is 0.491 e. The molecule has 0 aliphatic rings. The van der Waals surface area contributed by atoms with Gasteiger partial charge < -0.3 is 26.6 Å². The van der Waals surface area contributed by atoms with Gasteiger partial charge in [0.2, 0.25) is 5.91 Å². The number of carbonyl (C=O) groups excluding carboxylic acids is 1. The normalized spacial score (nSPS) is 12.6. The van der Waals surface area contributed by atoms with Crippen molar-refractivity contribution in [1.82, 2.24) is 5.32 Å². The number of β-amino-alcohol motifs (C(OH)–C–C–N with tert-alkyl or cyclic N) is 1. The van der Waals surface area contributed by atoms with Crippen molar-refractivity contribution >= 4 is 11.6 Å². The zero-order chi connectivity index (χ0) is 19.9. The third kappa shape index (κ3) is 7.68. The van der Waals surface area contributed by atoms with Crippen LogP contribution in [0, 0.1) is 0 Å². The van der Waals surface area contributed by atoms with Crippen molar-refractivity contribution in [1.29, 1.82) is 0 Å². The number of carbonyl (C=O) groups is 1. The van der Waals surface area contributed by atoms with E-state index >= 15 is 0 Å². The number of aliphatic hydroxyl groups excluding tert-OH is 1. The van der Waals surface area contributed by atoms with Crippen molar-refractivity contribution in [3.63, 3.8) is 0 Å². The van der Waals surface area contributed by atoms with E-state index in [4.69, 9.17) is 16.2 Å². The van der Waals surface area contributed by atoms with E-state index < -0.39 is 6.10 Å². The van der Waals surface area contributed by atoms with E-state index in [2.05, 4.69) is 19.2 Å². The molecule has 1 amide bonds. The smallest absolute Gasteiger partial charge is 0.221 e. The second-order valence-electron chi connectivity index (χ2n) is 7.44. The molecule has 0 saturated heterocycles. The van der Waals surface area contributed by atoms with Gasteiger partial charge in [0.1, 0.15) is 18.5 Å². The predicted octanol–water partition coefficient (Wildman–Crippen LogP) is 1.65. The van der Waals surface area contributed by atoms with E-state index in [-0.39, 0.29) is 24.5 Å². The van der Waals surface area contributed by atoms with Crippen LogP contribution in [0.15, 0.2) is 48.5 Å². The van der Waals surface area contributed by atoms with Gasteiger partial charge in [0, 0.05) is 17.8 Å². The first kappa shape index (κ1) is 20.7. The van der Waals surface area contributed by atoms with Crippen molar-refractivity contribution in [2.24, 2.45) is 5.73 Å². The maximum atomic E-state index is 10.9. The summed E-state index contributed by atoms with van der Waals surface area (Å²) in [6.07, 6.45) is 0.388. The number of hydrogen-bond acceptors (Lipinski definition) is 5. The Morgan fingerprint density at radius 1 is 1.11 bits per heavy atom. The van der Waals surface area contributed by atoms with Gasteiger partial charge in [-0.15, -0.1) is 0 Å². The van der Waals surface area contributed by atoms with E-state index in [1.165, 1.54) is 5.56 Å². The minimum absolute atomic E-state index is 0.173. The molecule has 6 heteroatoms. The molecule has 0 aliphatic heterocycles. The zero-order valence-corrected chi connectivity index (χ0v) is 15.9. The SMILES string of the molecule is CC(C)(Cc1ccc(N)cc1)NCC(O)COc1ccc(CC(N)=O)cc1. The molecule has 0 heterocycles. The molecule has 0 fully saturated rings. The summed E-state index contributed by atoms with van der Waals surface area (Å²) in [5.74, 6) is 0.273. The quantitative estimate of drug-likeness (QED) is 0.475. The lowest BCUT2D eigenvalue weighted by atomic mass is 9.94. The molecule has 2 aromatic carbocycles. The Balaban J connectivity index is 1.75. The molecule has 0 aliphatic carbocycles. The third-order valence-corrected chi connectivity index (χ3v) is 4.19. The maximum absolute atomic E-state index is 10.9. The van der Waals surface area contributed by atoms with Crippen molar-refractivity contribution in [2.75, 3.05) is 18.9 Å². The summed E-state index contributed by atoms with van der Waals surface area (Å²) in [7, 11) is 0. The van der Waals surface area contributed by atoms with Gasteiger partial charge in [-0.25, -0.2) is 0 Å². The molecule has 0 aromatic heterocycles. The number of rotatable bonds is 10. The van der Waals surface area contributed by atoms with Crippen molar-refractivity contribution in [3.05, 3.63) is 59.7 Å². The number of nitrogens with one attached hydrogen (secondary N) is 1. The van der Waals surface area contributed by atoms with Crippen molar-refractivity contribution in [3.8, 4) is 5.75 Å². The van der Waals surface area contributed by atoms with Gasteiger partial charge in [0.05, 0.1) is 6.42 Å². The average molecular weight is 371 g/mol. The van der Waals surface area contributed by atoms with Gasteiger partial charge >= 0.3 is 0 Å². The first-order valence-electron chi connectivity index (χ1n) is 9.01. The molecular formula is C21H29N3O3. The fourth-order valence-corrected chi connectivity index (χ4v) is 2.76. The second-order valence-corrected chi connectivity index (χ2v) is 7.44. The minimum atomic E-state index is -0.638. The molecular weight excluding hydrogens is 342 g/mol. The lowest BCUT2D eigenvalue weighted by Gasteiger charge is -2.28. The fraction of sp³-hybridized carbons (Fsp3) is 0.381. The Hall–Kier alpha value is -2.57. The summed E-state index contributed by atoms with van der Waals surface area (Å²) in [5.41, 5.74) is 13.5. The standard InChI is InChI=1S/C21H29N3O3/c1-21(2,12-16-3-7-17(22)8-4-16)24-13-18(25)14-27-19-9-5-15(6-10-19)11-20(23)26/h3-10,18,24-25H,11-14,22H2,1-2H3,(H2,23,26). The zero-order valence-electron chi connectivity index (χ0n) is 15.9. The number of benzene rings is 2. The topological polar surface area (TPSA) is 111 Å². The van der Waals surface area contributed by atoms with Crippen LogP contribution in [0.2, 0.25) is 0 Å². The maximum Gasteiger partial charge on any atom is 0.221 e. The summed E-state index contributed by atoms with van der Waals surface area (Å²) in [5, 5.41) is 13.6. The number of nitrogens with two attached hydrogens (primary N) is 2. The Labute approximate surface area is 160 Å². The van der Waals surface area contributed by atoms with Crippen LogP contribution in [-0.4, -0.2) is 35.8 Å². The number of ether oxygens (including phenoxy) is 1. The molecule has 0 spiro atoms. The molecule has 6 nitrogen and oxygen atoms in total. The molecule has 2 aromatic rings. The molecule has 6 N–H and O–H groups in total. The number of amides is 1. The number of nitrogen functional groups attached to an aromatic ring is 1. The van der Waals surface area contributed by atoms with Gasteiger partial charge in [-0.3, -0.25) is 4.79 Å². The summed E-state index contributed by atoms with van der Waals surface area (Å²) in [4.78, 5) is 10.9. The third-order valence-electron chi connectivity index (χ3n) is 4.19. The van der Waals surface area contributed by atoms with Crippen molar-refractivity contribution < 1.29 is 14.6 Å². The van der Waals surface area contributed by atoms with E-state index in [9.17, 15) is 9.90 Å². The summed E-state index contributed by atoms with van der Waals surface area (Å²) < 4.78 is 5.60. The van der Waals surface area contributed by atoms with Crippen LogP contribution in [0.1, 0.15) is 25.0 Å². The van der Waals surface area contributed by atoms with Crippen LogP contribution in [-0.2, 0) is 17.6 Å². The average Bonchev–Trinajstić information content (AvgIpc) is 2.61. The number of anilines is 1. The minimum Gasteiger partial charge on any atom is -0.491 e. The Kier molecular flexibility index (Phi) is 7.21. The summed E-state index contributed by atoms with van der Waals surface area (Å²) >= 11 is 0. The number of hydrogen-bond donors (Lipinski definition) is 4. The number of aliphatic hydroxyl groups is 1. The molecule has 0 radical (unpaired) electrons. The molecule has 0 bridgehead atoms. The fourth-order valence-electron chi connectivity index (χ4n) is 2.76. The number of primary amides is 1. The molecule has 146 valence electrons. The Morgan fingerprint density at radius 2 is 1.70 bits per heavy atom. The predicted molar refractivity (Wildman–Crippen MR) is 107 cm³/mol. The van der Waals surface area contributed by atoms with Crippen LogP contribution >= 0.6 is 0 Å². The van der Waals surface area contributed by atoms with Crippen LogP contribution in [0.4, 0.5) is 5.69 Å². The van der Waals surface area contributed by atoms with Gasteiger partial charge in [-0.2, -0.15) is 0 Å². The van der Waals surface area contributed by atoms with Crippen molar-refractivity contribution in [2.45, 2.75) is 38.3 Å². The van der Waals surface area contributed by atoms with Crippen LogP contribution in [0.5, 0.6) is 5.75 Å². The highest BCUT2D eigenvalue weighted by Gasteiger charge is 2.19. The van der Waals surface area contributed by atoms with E-state index in [1.54, 1.807) is 24.3 Å². The van der Waals surface area contributed by atoms with Crippen LogP contribution in [0.25, 0.3) is 0 Å². The summed E-state index contributed by atoms with van der Waals surface area (Å²) in [6, 6.07) is 14.9. The molecule has 1 atom stereocenters. The highest BCUT2D eigenvalue weighted by atomic mass is 16.5. The van der Waals surface area contributed by atoms with Gasteiger partial charge in [-0.1, -0.05) is 24.3 Å². The lowest BCUT2D eigenvalue weighted by Crippen LogP contribution is -2.46. The molecule has 27 heavy (non-hydrogen) atoms. The first-order chi connectivity index (χ1) is 12.7. The van der Waals surface area contributed by atoms with E-state index in [0.717, 1.165) is 17.7 Å². The van der Waals surface area contributed by atoms with E-state index in [1.807, 2.05) is 24.3 Å². The highest BCUT2D eigenvalue weighted by molar-refractivity contribution is 5.76. The van der Waals surface area contributed by atoms with Gasteiger partial charge in [0.15, 0.2) is 0 Å².